The Hall–Kier alpha value is -3.44. The van der Waals surface area contributed by atoms with Gasteiger partial charge in [0.1, 0.15) is 0 Å². The van der Waals surface area contributed by atoms with Gasteiger partial charge < -0.3 is 9.47 Å². The highest BCUT2D eigenvalue weighted by molar-refractivity contribution is 7.99. The molecule has 4 aromatic rings. The molecule has 4 heterocycles. The van der Waals surface area contributed by atoms with Crippen LogP contribution in [-0.2, 0) is 20.1 Å². The van der Waals surface area contributed by atoms with Crippen molar-refractivity contribution < 1.29 is 0 Å². The summed E-state index contributed by atoms with van der Waals surface area (Å²) < 4.78 is 3.38. The van der Waals surface area contributed by atoms with E-state index >= 15 is 0 Å². The van der Waals surface area contributed by atoms with Crippen molar-refractivity contribution in [3.63, 3.8) is 0 Å². The van der Waals surface area contributed by atoms with Gasteiger partial charge in [-0.2, -0.15) is 4.98 Å². The van der Waals surface area contributed by atoms with Crippen LogP contribution in [0.15, 0.2) is 63.5 Å². The summed E-state index contributed by atoms with van der Waals surface area (Å²) in [6, 6.07) is 12.3. The summed E-state index contributed by atoms with van der Waals surface area (Å²) in [4.78, 5) is 45.4. The second-order valence-corrected chi connectivity index (χ2v) is 9.60. The molecule has 11 heteroatoms. The van der Waals surface area contributed by atoms with E-state index in [4.69, 9.17) is 4.98 Å². The van der Waals surface area contributed by atoms with Crippen LogP contribution in [0.4, 0.5) is 5.95 Å². The zero-order valence-corrected chi connectivity index (χ0v) is 20.4. The molecular weight excluding hydrogens is 464 g/mol. The van der Waals surface area contributed by atoms with Crippen molar-refractivity contribution in [2.75, 3.05) is 36.8 Å². The topological polar surface area (TPSA) is 105 Å². The number of aromatic amines is 1. The highest BCUT2D eigenvalue weighted by Gasteiger charge is 2.25. The van der Waals surface area contributed by atoms with Gasteiger partial charge in [0.25, 0.3) is 5.56 Å². The summed E-state index contributed by atoms with van der Waals surface area (Å²) in [7, 11) is 1.64. The zero-order valence-electron chi connectivity index (χ0n) is 19.6. The number of nitrogens with one attached hydrogen (secondary N) is 1. The summed E-state index contributed by atoms with van der Waals surface area (Å²) >= 11 is 1.58. The van der Waals surface area contributed by atoms with Gasteiger partial charge in [-0.05, 0) is 18.1 Å². The largest absolute Gasteiger partial charge is 0.340 e. The Morgan fingerprint density at radius 1 is 1.00 bits per heavy atom. The second kappa shape index (κ2) is 10.4. The molecule has 0 aliphatic carbocycles. The van der Waals surface area contributed by atoms with E-state index in [1.807, 2.05) is 10.6 Å². The number of rotatable bonds is 8. The Labute approximate surface area is 206 Å². The molecule has 0 saturated carbocycles. The minimum atomic E-state index is -0.455. The number of thioether (sulfide) groups is 1. The summed E-state index contributed by atoms with van der Waals surface area (Å²) in [5.41, 5.74) is 1.30. The van der Waals surface area contributed by atoms with Crippen LogP contribution in [-0.4, -0.2) is 65.9 Å². The van der Waals surface area contributed by atoms with Crippen molar-refractivity contribution in [3.05, 3.63) is 75.2 Å². The molecule has 5 rings (SSSR count). The van der Waals surface area contributed by atoms with Gasteiger partial charge in [-0.3, -0.25) is 19.2 Å². The number of hydrogen-bond acceptors (Lipinski definition) is 8. The van der Waals surface area contributed by atoms with Crippen LogP contribution in [0.25, 0.3) is 11.2 Å². The predicted molar refractivity (Wildman–Crippen MR) is 137 cm³/mol. The predicted octanol–water partition coefficient (Wildman–Crippen LogP) is 1.72. The van der Waals surface area contributed by atoms with E-state index in [1.165, 1.54) is 10.1 Å². The van der Waals surface area contributed by atoms with E-state index in [9.17, 15) is 9.59 Å². The first-order chi connectivity index (χ1) is 17.1. The first-order valence-electron chi connectivity index (χ1n) is 11.7. The fraction of sp³-hybridized carbons (Fsp3) is 0.375. The van der Waals surface area contributed by atoms with Crippen LogP contribution in [0.1, 0.15) is 12.0 Å². The number of hydrogen-bond donors (Lipinski definition) is 1. The summed E-state index contributed by atoms with van der Waals surface area (Å²) in [5.74, 6) is 1.55. The number of anilines is 1. The lowest BCUT2D eigenvalue weighted by Gasteiger charge is -2.35. The van der Waals surface area contributed by atoms with Gasteiger partial charge >= 0.3 is 5.69 Å². The fourth-order valence-corrected chi connectivity index (χ4v) is 5.10. The Balaban J connectivity index is 1.35. The minimum absolute atomic E-state index is 0.399. The number of nitrogens with zero attached hydrogens (tertiary/aromatic N) is 7. The highest BCUT2D eigenvalue weighted by Crippen LogP contribution is 2.23. The average Bonchev–Trinajstić information content (AvgIpc) is 3.27. The number of aromatic nitrogens is 6. The third-order valence-electron chi connectivity index (χ3n) is 6.19. The van der Waals surface area contributed by atoms with E-state index in [0.29, 0.717) is 17.7 Å². The standard InChI is InChI=1S/C24H28N8O2S/c1-29-20-19(21(33)28-24(29)34)32(11-6-16-35-22-25-9-5-10-26-22)23(27-20)31-14-12-30(13-15-31)17-18-7-3-2-4-8-18/h2-5,7-10H,6,11-17H2,1H3,(H,28,33,34). The fourth-order valence-electron chi connectivity index (χ4n) is 4.37. The van der Waals surface area contributed by atoms with Crippen LogP contribution in [0.3, 0.4) is 0 Å². The lowest BCUT2D eigenvalue weighted by Crippen LogP contribution is -2.46. The highest BCUT2D eigenvalue weighted by atomic mass is 32.2. The molecule has 1 aromatic carbocycles. The van der Waals surface area contributed by atoms with E-state index in [-0.39, 0.29) is 0 Å². The molecule has 3 aromatic heterocycles. The number of aryl methyl sites for hydroxylation is 2. The van der Waals surface area contributed by atoms with Crippen molar-refractivity contribution in [2.45, 2.75) is 24.7 Å². The van der Waals surface area contributed by atoms with Crippen LogP contribution in [0.5, 0.6) is 0 Å². The molecule has 0 radical (unpaired) electrons. The monoisotopic (exact) mass is 492 g/mol. The molecule has 10 nitrogen and oxygen atoms in total. The average molecular weight is 493 g/mol. The summed E-state index contributed by atoms with van der Waals surface area (Å²) in [6.45, 7) is 4.92. The quantitative estimate of drug-likeness (QED) is 0.225. The van der Waals surface area contributed by atoms with Crippen molar-refractivity contribution in [3.8, 4) is 0 Å². The van der Waals surface area contributed by atoms with E-state index in [1.54, 1.807) is 37.3 Å². The molecule has 1 aliphatic heterocycles. The molecule has 1 fully saturated rings. The van der Waals surface area contributed by atoms with Crippen molar-refractivity contribution in [1.29, 1.82) is 0 Å². The molecule has 182 valence electrons. The molecule has 0 atom stereocenters. The van der Waals surface area contributed by atoms with Gasteiger partial charge in [0.2, 0.25) is 5.95 Å². The smallest absolute Gasteiger partial charge is 0.329 e. The van der Waals surface area contributed by atoms with Crippen molar-refractivity contribution in [2.24, 2.45) is 7.05 Å². The first kappa shape index (κ1) is 23.3. The van der Waals surface area contributed by atoms with Crippen LogP contribution in [0, 0.1) is 0 Å². The Morgan fingerprint density at radius 2 is 1.74 bits per heavy atom. The van der Waals surface area contributed by atoms with E-state index in [2.05, 4.69) is 49.0 Å². The van der Waals surface area contributed by atoms with Crippen LogP contribution in [0.2, 0.25) is 0 Å². The molecule has 1 N–H and O–H groups in total. The molecule has 0 amide bonds. The number of benzene rings is 1. The maximum Gasteiger partial charge on any atom is 0.329 e. The molecule has 0 spiro atoms. The third-order valence-corrected chi connectivity index (χ3v) is 7.15. The van der Waals surface area contributed by atoms with Gasteiger partial charge in [-0.25, -0.2) is 14.8 Å². The lowest BCUT2D eigenvalue weighted by atomic mass is 10.2. The molecule has 0 bridgehead atoms. The van der Waals surface area contributed by atoms with Gasteiger partial charge in [-0.1, -0.05) is 42.1 Å². The molecule has 1 saturated heterocycles. The minimum Gasteiger partial charge on any atom is -0.340 e. The maximum absolute atomic E-state index is 12.8. The van der Waals surface area contributed by atoms with Crippen molar-refractivity contribution >= 4 is 28.9 Å². The number of piperazine rings is 1. The number of fused-ring (bicyclic) bond motifs is 1. The third kappa shape index (κ3) is 5.15. The Morgan fingerprint density at radius 3 is 2.49 bits per heavy atom. The Kier molecular flexibility index (Phi) is 6.96. The van der Waals surface area contributed by atoms with Gasteiger partial charge in [0.05, 0.1) is 0 Å². The van der Waals surface area contributed by atoms with Gasteiger partial charge in [-0.15, -0.1) is 0 Å². The zero-order chi connectivity index (χ0) is 24.2. The van der Waals surface area contributed by atoms with E-state index in [0.717, 1.165) is 56.0 Å². The molecule has 1 aliphatic rings. The molecular formula is C24H28N8O2S. The summed E-state index contributed by atoms with van der Waals surface area (Å²) in [5, 5.41) is 0.734. The van der Waals surface area contributed by atoms with Gasteiger partial charge in [0.15, 0.2) is 16.3 Å². The molecule has 0 unspecified atom stereocenters. The maximum atomic E-state index is 12.8. The normalized spacial score (nSPS) is 14.6. The second-order valence-electron chi connectivity index (χ2n) is 8.54. The van der Waals surface area contributed by atoms with Crippen molar-refractivity contribution in [1.82, 2.24) is 34.0 Å². The summed E-state index contributed by atoms with van der Waals surface area (Å²) in [6.07, 6.45) is 4.26. The SMILES string of the molecule is Cn1c(=O)[nH]c(=O)c2c1nc(N1CCN(Cc3ccccc3)CC1)n2CCCSc1ncccn1. The molecule has 35 heavy (non-hydrogen) atoms. The van der Waals surface area contributed by atoms with Crippen LogP contribution < -0.4 is 16.1 Å². The number of H-pyrrole nitrogens is 1. The van der Waals surface area contributed by atoms with Gasteiger partial charge in [0, 0.05) is 64.5 Å². The first-order valence-corrected chi connectivity index (χ1v) is 12.7. The van der Waals surface area contributed by atoms with Crippen LogP contribution >= 0.6 is 11.8 Å². The Bertz CT molecular complexity index is 1390. The number of imidazole rings is 1. The van der Waals surface area contributed by atoms with E-state index < -0.39 is 11.2 Å². The lowest BCUT2D eigenvalue weighted by molar-refractivity contribution is 0.248.